The molecule has 3 fully saturated rings. The number of allylic oxidation sites excluding steroid dienone is 2. The molecule has 0 amide bonds. The molecule has 34 heavy (non-hydrogen) atoms. The first-order valence-electron chi connectivity index (χ1n) is 13.4. The smallest absolute Gasteiger partial charge is 0.302 e. The number of carbonyl (C=O) groups excluding carboxylic acids is 2. The van der Waals surface area contributed by atoms with Crippen molar-refractivity contribution >= 4 is 17.8 Å². The average Bonchev–Trinajstić information content (AvgIpc) is 3.16. The van der Waals surface area contributed by atoms with Gasteiger partial charge in [-0.1, -0.05) is 61.4 Å². The highest BCUT2D eigenvalue weighted by molar-refractivity contribution is 5.96. The highest BCUT2D eigenvalue weighted by Crippen LogP contribution is 2.66. The van der Waals surface area contributed by atoms with E-state index in [0.717, 1.165) is 44.1 Å². The van der Waals surface area contributed by atoms with E-state index < -0.39 is 0 Å². The lowest BCUT2D eigenvalue weighted by Crippen LogP contribution is -2.51. The molecule has 1 aromatic carbocycles. The first-order valence-corrected chi connectivity index (χ1v) is 13.4. The average molecular weight is 461 g/mol. The maximum absolute atomic E-state index is 13.4. The van der Waals surface area contributed by atoms with E-state index in [-0.39, 0.29) is 28.8 Å². The van der Waals surface area contributed by atoms with Gasteiger partial charge in [-0.3, -0.25) is 9.59 Å². The first-order chi connectivity index (χ1) is 16.2. The van der Waals surface area contributed by atoms with E-state index in [0.29, 0.717) is 23.5 Å². The molecule has 1 aromatic rings. The predicted molar refractivity (Wildman–Crippen MR) is 136 cm³/mol. The number of rotatable bonds is 4. The minimum atomic E-state index is -0.158. The van der Waals surface area contributed by atoms with Gasteiger partial charge in [-0.05, 0) is 92.1 Å². The third kappa shape index (κ3) is 3.99. The summed E-state index contributed by atoms with van der Waals surface area (Å²) < 4.78 is 5.58. The zero-order valence-corrected chi connectivity index (χ0v) is 21.3. The summed E-state index contributed by atoms with van der Waals surface area (Å²) in [5.41, 5.74) is 4.22. The molecule has 0 aliphatic heterocycles. The van der Waals surface area contributed by atoms with Crippen LogP contribution < -0.4 is 0 Å². The number of hydrogen-bond donors (Lipinski definition) is 0. The molecular weight excluding hydrogens is 420 g/mol. The number of ketones is 1. The van der Waals surface area contributed by atoms with Crippen LogP contribution in [0.5, 0.6) is 0 Å². The molecule has 4 aliphatic carbocycles. The Labute approximate surface area is 205 Å². The fourth-order valence-electron chi connectivity index (χ4n) is 8.40. The van der Waals surface area contributed by atoms with Gasteiger partial charge in [0, 0.05) is 19.3 Å². The molecule has 3 nitrogen and oxygen atoms in total. The largest absolute Gasteiger partial charge is 0.462 e. The second-order valence-electron chi connectivity index (χ2n) is 12.1. The number of fused-ring (bicyclic) bond motifs is 5. The molecule has 0 saturated heterocycles. The van der Waals surface area contributed by atoms with Gasteiger partial charge in [-0.15, -0.1) is 0 Å². The van der Waals surface area contributed by atoms with Crippen LogP contribution in [0.4, 0.5) is 0 Å². The third-order valence-corrected chi connectivity index (χ3v) is 10.3. The Balaban J connectivity index is 1.32. The van der Waals surface area contributed by atoms with E-state index in [1.807, 2.05) is 12.2 Å². The van der Waals surface area contributed by atoms with Crippen molar-refractivity contribution in [3.8, 4) is 0 Å². The number of esters is 1. The van der Waals surface area contributed by atoms with Crippen molar-refractivity contribution in [1.29, 1.82) is 0 Å². The summed E-state index contributed by atoms with van der Waals surface area (Å²) in [6.45, 7) is 8.51. The van der Waals surface area contributed by atoms with Crippen molar-refractivity contribution in [2.24, 2.45) is 34.5 Å². The molecule has 0 unspecified atom stereocenters. The van der Waals surface area contributed by atoms with Crippen LogP contribution in [0.2, 0.25) is 0 Å². The second-order valence-corrected chi connectivity index (χ2v) is 12.1. The minimum absolute atomic E-state index is 0.0519. The molecule has 3 heteroatoms. The SMILES string of the molecule is CC(=O)O[C@H]1CC[C@@]2(C)C(=CC[C@H]3[C@@H]4CC[C@H](C(=O)/C=C\c5ccc(C)cc5)[C@@]4(C)CC[C@@H]32)C1. The van der Waals surface area contributed by atoms with Gasteiger partial charge < -0.3 is 4.74 Å². The zero-order valence-electron chi connectivity index (χ0n) is 21.3. The summed E-state index contributed by atoms with van der Waals surface area (Å²) in [6.07, 6.45) is 15.1. The van der Waals surface area contributed by atoms with Crippen LogP contribution in [0.25, 0.3) is 6.08 Å². The molecule has 182 valence electrons. The molecule has 7 atom stereocenters. The van der Waals surface area contributed by atoms with Crippen LogP contribution in [0.3, 0.4) is 0 Å². The number of ether oxygens (including phenoxy) is 1. The lowest BCUT2D eigenvalue weighted by molar-refractivity contribution is -0.149. The van der Waals surface area contributed by atoms with Crippen LogP contribution in [0.1, 0.15) is 83.3 Å². The van der Waals surface area contributed by atoms with Gasteiger partial charge in [0.15, 0.2) is 5.78 Å². The lowest BCUT2D eigenvalue weighted by atomic mass is 9.47. The van der Waals surface area contributed by atoms with Crippen molar-refractivity contribution in [3.05, 3.63) is 53.1 Å². The molecule has 0 heterocycles. The lowest BCUT2D eigenvalue weighted by Gasteiger charge is -2.58. The highest BCUT2D eigenvalue weighted by Gasteiger charge is 2.59. The normalized spacial score (nSPS) is 39.1. The Morgan fingerprint density at radius 1 is 1.00 bits per heavy atom. The maximum atomic E-state index is 13.4. The van der Waals surface area contributed by atoms with E-state index >= 15 is 0 Å². The number of aryl methyl sites for hydroxylation is 1. The zero-order chi connectivity index (χ0) is 24.1. The third-order valence-electron chi connectivity index (χ3n) is 10.3. The number of hydrogen-bond acceptors (Lipinski definition) is 3. The summed E-state index contributed by atoms with van der Waals surface area (Å²) in [7, 11) is 0. The standard InChI is InChI=1S/C31H40O3/c1-20-5-7-22(8-6-20)9-14-29(33)28-13-12-26-25-11-10-23-19-24(34-21(2)32)15-17-30(23,3)27(25)16-18-31(26,28)4/h5-10,14,24-28H,11-13,15-19H2,1-4H3/b14-9-/t24-,25-,26-,27-,28+,30-,31-/m0/s1. The molecule has 4 aliphatic rings. The van der Waals surface area contributed by atoms with E-state index in [9.17, 15) is 9.59 Å². The van der Waals surface area contributed by atoms with Gasteiger partial charge >= 0.3 is 5.97 Å². The van der Waals surface area contributed by atoms with Crippen molar-refractivity contribution in [2.45, 2.75) is 85.2 Å². The van der Waals surface area contributed by atoms with Crippen LogP contribution >= 0.6 is 0 Å². The fourth-order valence-corrected chi connectivity index (χ4v) is 8.40. The summed E-state index contributed by atoms with van der Waals surface area (Å²) in [4.78, 5) is 24.9. The topological polar surface area (TPSA) is 43.4 Å². The monoisotopic (exact) mass is 460 g/mol. The van der Waals surface area contributed by atoms with Crippen LogP contribution in [0.15, 0.2) is 42.0 Å². The van der Waals surface area contributed by atoms with E-state index in [1.54, 1.807) is 0 Å². The predicted octanol–water partition coefficient (Wildman–Crippen LogP) is 7.09. The first kappa shape index (κ1) is 23.6. The summed E-state index contributed by atoms with van der Waals surface area (Å²) in [6, 6.07) is 8.38. The Morgan fingerprint density at radius 3 is 2.50 bits per heavy atom. The molecular formula is C31H40O3. The summed E-state index contributed by atoms with van der Waals surface area (Å²) in [5.74, 6) is 2.32. The van der Waals surface area contributed by atoms with Crippen molar-refractivity contribution in [2.75, 3.05) is 0 Å². The summed E-state index contributed by atoms with van der Waals surface area (Å²) in [5, 5.41) is 0. The maximum Gasteiger partial charge on any atom is 0.302 e. The van der Waals surface area contributed by atoms with Crippen LogP contribution in [-0.4, -0.2) is 17.9 Å². The van der Waals surface area contributed by atoms with E-state index in [1.165, 1.54) is 30.9 Å². The molecule has 3 saturated carbocycles. The highest BCUT2D eigenvalue weighted by atomic mass is 16.5. The number of carbonyl (C=O) groups is 2. The molecule has 0 aromatic heterocycles. The number of benzene rings is 1. The van der Waals surface area contributed by atoms with Crippen LogP contribution in [0, 0.1) is 41.4 Å². The molecule has 5 rings (SSSR count). The quantitative estimate of drug-likeness (QED) is 0.274. The molecule has 0 spiro atoms. The molecule has 0 N–H and O–H groups in total. The molecule has 0 radical (unpaired) electrons. The van der Waals surface area contributed by atoms with Crippen molar-refractivity contribution < 1.29 is 14.3 Å². The van der Waals surface area contributed by atoms with Gasteiger partial charge in [-0.2, -0.15) is 0 Å². The molecule has 0 bridgehead atoms. The second kappa shape index (κ2) is 8.81. The van der Waals surface area contributed by atoms with E-state index in [4.69, 9.17) is 4.74 Å². The fraction of sp³-hybridized carbons (Fsp3) is 0.613. The van der Waals surface area contributed by atoms with E-state index in [2.05, 4.69) is 51.1 Å². The van der Waals surface area contributed by atoms with Gasteiger partial charge in [0.05, 0.1) is 0 Å². The van der Waals surface area contributed by atoms with Gasteiger partial charge in [0.1, 0.15) is 6.10 Å². The van der Waals surface area contributed by atoms with Gasteiger partial charge in [0.25, 0.3) is 0 Å². The Kier molecular flexibility index (Phi) is 6.11. The van der Waals surface area contributed by atoms with Crippen molar-refractivity contribution in [1.82, 2.24) is 0 Å². The van der Waals surface area contributed by atoms with Crippen molar-refractivity contribution in [3.63, 3.8) is 0 Å². The Bertz CT molecular complexity index is 1020. The van der Waals surface area contributed by atoms with Gasteiger partial charge in [0.2, 0.25) is 0 Å². The van der Waals surface area contributed by atoms with Gasteiger partial charge in [-0.25, -0.2) is 0 Å². The Morgan fingerprint density at radius 2 is 1.76 bits per heavy atom. The Hall–Kier alpha value is -2.16. The minimum Gasteiger partial charge on any atom is -0.462 e. The summed E-state index contributed by atoms with van der Waals surface area (Å²) >= 11 is 0. The van der Waals surface area contributed by atoms with Crippen LogP contribution in [-0.2, 0) is 14.3 Å².